The normalized spacial score (nSPS) is 11.2. The number of rotatable bonds is 3. The van der Waals surface area contributed by atoms with Crippen molar-refractivity contribution in [3.8, 4) is 0 Å². The van der Waals surface area contributed by atoms with E-state index in [1.807, 2.05) is 47.3 Å². The molecule has 2 heterocycles. The van der Waals surface area contributed by atoms with Crippen LogP contribution in [0.25, 0.3) is 23.0 Å². The Kier molecular flexibility index (Phi) is 3.01. The third-order valence-corrected chi connectivity index (χ3v) is 2.91. The number of furan rings is 1. The highest BCUT2D eigenvalue weighted by molar-refractivity contribution is 5.80. The molecule has 2 aromatic heterocycles. The summed E-state index contributed by atoms with van der Waals surface area (Å²) in [6, 6.07) is 12.9. The van der Waals surface area contributed by atoms with Gasteiger partial charge in [-0.3, -0.25) is 10.1 Å². The van der Waals surface area contributed by atoms with Crippen LogP contribution in [0.4, 0.5) is 5.88 Å². The molecule has 3 rings (SSSR count). The molecule has 0 atom stereocenters. The van der Waals surface area contributed by atoms with Gasteiger partial charge in [0, 0.05) is 17.5 Å². The Morgan fingerprint density at radius 2 is 1.90 bits per heavy atom. The van der Waals surface area contributed by atoms with Gasteiger partial charge in [-0.1, -0.05) is 18.2 Å². The van der Waals surface area contributed by atoms with Crippen LogP contribution < -0.4 is 4.57 Å². The fraction of sp³-hybridized carbons (Fsp3) is 0. The van der Waals surface area contributed by atoms with E-state index in [9.17, 15) is 10.1 Å². The van der Waals surface area contributed by atoms with Crippen molar-refractivity contribution in [1.82, 2.24) is 0 Å². The van der Waals surface area contributed by atoms with Crippen LogP contribution in [-0.2, 0) is 0 Å². The van der Waals surface area contributed by atoms with Crippen LogP contribution in [-0.4, -0.2) is 4.92 Å². The van der Waals surface area contributed by atoms with Gasteiger partial charge in [-0.2, -0.15) is 4.57 Å². The SMILES string of the molecule is O=[N+]([O-])c1ccc(/C=C/[n+]2ccc3ccccc3c2)o1. The van der Waals surface area contributed by atoms with Gasteiger partial charge >= 0.3 is 5.88 Å². The van der Waals surface area contributed by atoms with Gasteiger partial charge in [-0.25, -0.2) is 0 Å². The van der Waals surface area contributed by atoms with Crippen LogP contribution >= 0.6 is 0 Å². The molecule has 0 saturated carbocycles. The lowest BCUT2D eigenvalue weighted by Gasteiger charge is -1.93. The summed E-state index contributed by atoms with van der Waals surface area (Å²) < 4.78 is 6.93. The lowest BCUT2D eigenvalue weighted by Crippen LogP contribution is -2.23. The van der Waals surface area contributed by atoms with E-state index < -0.39 is 4.92 Å². The number of benzene rings is 1. The second-order valence-electron chi connectivity index (χ2n) is 4.27. The molecule has 0 amide bonds. The molecule has 0 saturated heterocycles. The van der Waals surface area contributed by atoms with Crippen molar-refractivity contribution < 1.29 is 13.9 Å². The number of aromatic nitrogens is 1. The van der Waals surface area contributed by atoms with Crippen LogP contribution in [0.1, 0.15) is 5.76 Å². The van der Waals surface area contributed by atoms with E-state index in [4.69, 9.17) is 4.42 Å². The minimum atomic E-state index is -0.555. The fourth-order valence-electron chi connectivity index (χ4n) is 1.93. The van der Waals surface area contributed by atoms with E-state index in [1.165, 1.54) is 6.07 Å². The van der Waals surface area contributed by atoms with Crippen LogP contribution in [0.2, 0.25) is 0 Å². The number of hydrogen-bond donors (Lipinski definition) is 0. The maximum absolute atomic E-state index is 10.5. The zero-order valence-corrected chi connectivity index (χ0v) is 10.5. The van der Waals surface area contributed by atoms with Gasteiger partial charge < -0.3 is 4.42 Å². The molecule has 20 heavy (non-hydrogen) atoms. The van der Waals surface area contributed by atoms with Crippen LogP contribution in [0, 0.1) is 10.1 Å². The Morgan fingerprint density at radius 1 is 1.10 bits per heavy atom. The minimum Gasteiger partial charge on any atom is -0.401 e. The van der Waals surface area contributed by atoms with Gasteiger partial charge in [0.25, 0.3) is 0 Å². The second-order valence-corrected chi connectivity index (χ2v) is 4.27. The third kappa shape index (κ3) is 2.42. The third-order valence-electron chi connectivity index (χ3n) is 2.91. The molecule has 0 spiro atoms. The molecule has 0 bridgehead atoms. The first-order chi connectivity index (χ1) is 9.72. The summed E-state index contributed by atoms with van der Waals surface area (Å²) in [5, 5.41) is 12.8. The minimum absolute atomic E-state index is 0.256. The van der Waals surface area contributed by atoms with Gasteiger partial charge in [0.05, 0.1) is 6.07 Å². The smallest absolute Gasteiger partial charge is 0.401 e. The molecular weight excluding hydrogens is 256 g/mol. The maximum Gasteiger partial charge on any atom is 0.433 e. The number of pyridine rings is 1. The van der Waals surface area contributed by atoms with Crippen molar-refractivity contribution in [2.24, 2.45) is 0 Å². The van der Waals surface area contributed by atoms with Crippen LogP contribution in [0.3, 0.4) is 0 Å². The summed E-state index contributed by atoms with van der Waals surface area (Å²) in [5.41, 5.74) is 0. The standard InChI is InChI=1S/C15H11N2O3/c18-17(19)15-6-5-14(20-15)8-10-16-9-7-12-3-1-2-4-13(12)11-16/h1-11H/q+1/b10-8+. The van der Waals surface area contributed by atoms with Gasteiger partial charge in [0.1, 0.15) is 10.7 Å². The fourth-order valence-corrected chi connectivity index (χ4v) is 1.93. The molecule has 0 radical (unpaired) electrons. The predicted octanol–water partition coefficient (Wildman–Crippen LogP) is 3.26. The van der Waals surface area contributed by atoms with Crippen molar-refractivity contribution in [2.45, 2.75) is 0 Å². The van der Waals surface area contributed by atoms with Crippen molar-refractivity contribution in [3.63, 3.8) is 0 Å². The topological polar surface area (TPSA) is 60.2 Å². The van der Waals surface area contributed by atoms with E-state index >= 15 is 0 Å². The number of fused-ring (bicyclic) bond motifs is 1. The first-order valence-corrected chi connectivity index (χ1v) is 6.04. The molecule has 0 N–H and O–H groups in total. The molecule has 3 aromatic rings. The van der Waals surface area contributed by atoms with Crippen molar-refractivity contribution in [3.05, 3.63) is 70.7 Å². The summed E-state index contributed by atoms with van der Waals surface area (Å²) in [4.78, 5) is 9.96. The Balaban J connectivity index is 1.87. The average Bonchev–Trinajstić information content (AvgIpc) is 2.94. The van der Waals surface area contributed by atoms with Crippen LogP contribution in [0.15, 0.2) is 59.3 Å². The average molecular weight is 267 g/mol. The molecule has 0 fully saturated rings. The Morgan fingerprint density at radius 3 is 2.65 bits per heavy atom. The molecular formula is C15H11N2O3+. The summed E-state index contributed by atoms with van der Waals surface area (Å²) in [7, 11) is 0. The number of hydrogen-bond acceptors (Lipinski definition) is 3. The van der Waals surface area contributed by atoms with E-state index in [0.717, 1.165) is 10.8 Å². The highest BCUT2D eigenvalue weighted by Gasteiger charge is 2.10. The number of nitro groups is 1. The molecule has 0 aliphatic carbocycles. The zero-order valence-electron chi connectivity index (χ0n) is 10.5. The predicted molar refractivity (Wildman–Crippen MR) is 74.7 cm³/mol. The highest BCUT2D eigenvalue weighted by atomic mass is 16.6. The first-order valence-electron chi connectivity index (χ1n) is 6.04. The summed E-state index contributed by atoms with van der Waals surface area (Å²) in [6.45, 7) is 0. The van der Waals surface area contributed by atoms with E-state index in [1.54, 1.807) is 18.3 Å². The first kappa shape index (κ1) is 12.1. The van der Waals surface area contributed by atoms with Crippen molar-refractivity contribution in [1.29, 1.82) is 0 Å². The lowest BCUT2D eigenvalue weighted by molar-refractivity contribution is -0.565. The lowest BCUT2D eigenvalue weighted by atomic mass is 10.2. The highest BCUT2D eigenvalue weighted by Crippen LogP contribution is 2.16. The molecule has 5 nitrogen and oxygen atoms in total. The Hall–Kier alpha value is -2.95. The number of nitrogens with zero attached hydrogens (tertiary/aromatic N) is 2. The quantitative estimate of drug-likeness (QED) is 0.415. The molecule has 0 aliphatic heterocycles. The van der Waals surface area contributed by atoms with Gasteiger partial charge in [-0.05, 0) is 17.5 Å². The molecule has 0 unspecified atom stereocenters. The summed E-state index contributed by atoms with van der Waals surface area (Å²) >= 11 is 0. The van der Waals surface area contributed by atoms with Gasteiger partial charge in [-0.15, -0.1) is 0 Å². The van der Waals surface area contributed by atoms with E-state index in [2.05, 4.69) is 0 Å². The van der Waals surface area contributed by atoms with Gasteiger partial charge in [0.15, 0.2) is 18.6 Å². The zero-order chi connectivity index (χ0) is 13.9. The molecule has 98 valence electrons. The Labute approximate surface area is 114 Å². The van der Waals surface area contributed by atoms with Crippen molar-refractivity contribution >= 4 is 28.9 Å². The summed E-state index contributed by atoms with van der Waals surface area (Å²) in [5.74, 6) is 0.186. The van der Waals surface area contributed by atoms with E-state index in [0.29, 0.717) is 5.76 Å². The molecule has 0 aliphatic rings. The largest absolute Gasteiger partial charge is 0.433 e. The monoisotopic (exact) mass is 267 g/mol. The maximum atomic E-state index is 10.5. The van der Waals surface area contributed by atoms with Gasteiger partial charge in [0.2, 0.25) is 0 Å². The molecule has 1 aromatic carbocycles. The summed E-state index contributed by atoms with van der Waals surface area (Å²) in [6.07, 6.45) is 7.36. The molecule has 5 heteroatoms. The second kappa shape index (κ2) is 4.97. The van der Waals surface area contributed by atoms with Crippen LogP contribution in [0.5, 0.6) is 0 Å². The van der Waals surface area contributed by atoms with Crippen molar-refractivity contribution in [2.75, 3.05) is 0 Å². The van der Waals surface area contributed by atoms with E-state index in [-0.39, 0.29) is 5.88 Å². The Bertz CT molecular complexity index is 805.